The molecule has 2 aromatic carbocycles. The van der Waals surface area contributed by atoms with E-state index in [1.54, 1.807) is 17.5 Å². The van der Waals surface area contributed by atoms with Gasteiger partial charge in [-0.1, -0.05) is 24.3 Å². The van der Waals surface area contributed by atoms with Crippen molar-refractivity contribution in [2.75, 3.05) is 12.3 Å². The average molecular weight is 372 g/mol. The van der Waals surface area contributed by atoms with E-state index in [-0.39, 0.29) is 5.91 Å². The van der Waals surface area contributed by atoms with E-state index in [1.807, 2.05) is 23.7 Å². The molecule has 6 heteroatoms. The van der Waals surface area contributed by atoms with Crippen LogP contribution in [-0.4, -0.2) is 22.4 Å². The van der Waals surface area contributed by atoms with Crippen LogP contribution in [0, 0.1) is 0 Å². The first-order chi connectivity index (χ1) is 13.2. The molecule has 5 rings (SSSR count). The summed E-state index contributed by atoms with van der Waals surface area (Å²) < 4.78 is 1.14. The second-order valence-corrected chi connectivity index (χ2v) is 7.43. The Bertz CT molecular complexity index is 1200. The van der Waals surface area contributed by atoms with Gasteiger partial charge >= 0.3 is 0 Å². The van der Waals surface area contributed by atoms with Crippen molar-refractivity contribution in [3.8, 4) is 22.3 Å². The number of rotatable bonds is 2. The molecule has 1 aliphatic rings. The molecule has 0 atom stereocenters. The largest absolute Gasteiger partial charge is 0.383 e. The van der Waals surface area contributed by atoms with Crippen molar-refractivity contribution in [3.63, 3.8) is 0 Å². The van der Waals surface area contributed by atoms with E-state index in [1.165, 1.54) is 0 Å². The van der Waals surface area contributed by atoms with E-state index in [9.17, 15) is 4.79 Å². The number of nitrogens with one attached hydrogen (secondary N) is 1. The van der Waals surface area contributed by atoms with E-state index in [4.69, 9.17) is 5.73 Å². The van der Waals surface area contributed by atoms with Crippen LogP contribution in [-0.2, 0) is 6.42 Å². The fraction of sp³-hybridized carbons (Fsp3) is 0.0952. The van der Waals surface area contributed by atoms with Crippen LogP contribution in [0.15, 0.2) is 54.2 Å². The van der Waals surface area contributed by atoms with Gasteiger partial charge in [0.15, 0.2) is 0 Å². The van der Waals surface area contributed by atoms with Gasteiger partial charge < -0.3 is 11.1 Å². The number of aromatic nitrogens is 2. The van der Waals surface area contributed by atoms with E-state index < -0.39 is 0 Å². The van der Waals surface area contributed by atoms with Crippen molar-refractivity contribution in [2.45, 2.75) is 6.42 Å². The van der Waals surface area contributed by atoms with Gasteiger partial charge in [-0.3, -0.25) is 4.79 Å². The fourth-order valence-corrected chi connectivity index (χ4v) is 4.27. The molecule has 0 aliphatic carbocycles. The van der Waals surface area contributed by atoms with Gasteiger partial charge in [-0.15, -0.1) is 11.3 Å². The molecular formula is C21H16N4OS. The number of benzene rings is 2. The second kappa shape index (κ2) is 6.17. The number of anilines is 1. The topological polar surface area (TPSA) is 80.9 Å². The second-order valence-electron chi connectivity index (χ2n) is 6.54. The monoisotopic (exact) mass is 372 g/mol. The molecule has 27 heavy (non-hydrogen) atoms. The highest BCUT2D eigenvalue weighted by Crippen LogP contribution is 2.34. The lowest BCUT2D eigenvalue weighted by Crippen LogP contribution is -2.31. The molecule has 0 unspecified atom stereocenters. The quantitative estimate of drug-likeness (QED) is 0.559. The van der Waals surface area contributed by atoms with Crippen LogP contribution >= 0.6 is 11.3 Å². The van der Waals surface area contributed by atoms with Gasteiger partial charge in [-0.05, 0) is 35.7 Å². The maximum absolute atomic E-state index is 12.0. The SMILES string of the molecule is Nc1ncc(-c2cccc3scnc23)cc1-c1ccc2c(c1)CCNC2=O. The summed E-state index contributed by atoms with van der Waals surface area (Å²) in [5, 5.41) is 2.87. The predicted octanol–water partition coefficient (Wildman–Crippen LogP) is 3.89. The Balaban J connectivity index is 1.65. The third-order valence-electron chi connectivity index (χ3n) is 4.93. The summed E-state index contributed by atoms with van der Waals surface area (Å²) in [5.41, 5.74) is 14.7. The van der Waals surface area contributed by atoms with Crippen LogP contribution in [0.5, 0.6) is 0 Å². The first-order valence-electron chi connectivity index (χ1n) is 8.70. The molecular weight excluding hydrogens is 356 g/mol. The summed E-state index contributed by atoms with van der Waals surface area (Å²) in [6, 6.07) is 14.1. The number of nitrogens with two attached hydrogens (primary N) is 1. The first-order valence-corrected chi connectivity index (χ1v) is 9.58. The normalized spacial score (nSPS) is 13.4. The third-order valence-corrected chi connectivity index (χ3v) is 5.72. The smallest absolute Gasteiger partial charge is 0.251 e. The predicted molar refractivity (Wildman–Crippen MR) is 109 cm³/mol. The minimum absolute atomic E-state index is 0.0159. The molecule has 0 spiro atoms. The Morgan fingerprint density at radius 3 is 2.85 bits per heavy atom. The first kappa shape index (κ1) is 16.0. The van der Waals surface area contributed by atoms with Crippen LogP contribution in [0.1, 0.15) is 15.9 Å². The minimum Gasteiger partial charge on any atom is -0.383 e. The Morgan fingerprint density at radius 1 is 1.00 bits per heavy atom. The standard InChI is InChI=1S/C21H16N4OS/c22-20-17(12-4-5-16-13(8-12)6-7-23-21(16)26)9-14(10-24-20)15-2-1-3-18-19(15)25-11-27-18/h1-5,8-11H,6-7H2,(H2,22,24)(H,23,26). The molecule has 0 fully saturated rings. The van der Waals surface area contributed by atoms with Gasteiger partial charge in [0, 0.05) is 35.0 Å². The zero-order valence-electron chi connectivity index (χ0n) is 14.4. The lowest BCUT2D eigenvalue weighted by molar-refractivity contribution is 0.0946. The van der Waals surface area contributed by atoms with Gasteiger partial charge in [0.2, 0.25) is 0 Å². The lowest BCUT2D eigenvalue weighted by Gasteiger charge is -2.18. The lowest BCUT2D eigenvalue weighted by atomic mass is 9.94. The number of carbonyl (C=O) groups excluding carboxylic acids is 1. The van der Waals surface area contributed by atoms with Crippen molar-refractivity contribution in [3.05, 3.63) is 65.3 Å². The summed E-state index contributed by atoms with van der Waals surface area (Å²) >= 11 is 1.62. The van der Waals surface area contributed by atoms with E-state index >= 15 is 0 Å². The molecule has 0 radical (unpaired) electrons. The average Bonchev–Trinajstić information content (AvgIpc) is 3.17. The number of nitrogen functional groups attached to an aromatic ring is 1. The number of nitrogens with zero attached hydrogens (tertiary/aromatic N) is 2. The van der Waals surface area contributed by atoms with Gasteiger partial charge in [0.25, 0.3) is 5.91 Å². The summed E-state index contributed by atoms with van der Waals surface area (Å²) in [4.78, 5) is 20.9. The highest BCUT2D eigenvalue weighted by atomic mass is 32.1. The third kappa shape index (κ3) is 2.65. The molecule has 3 heterocycles. The van der Waals surface area contributed by atoms with E-state index in [0.29, 0.717) is 12.4 Å². The number of hydrogen-bond acceptors (Lipinski definition) is 5. The maximum Gasteiger partial charge on any atom is 0.251 e. The van der Waals surface area contributed by atoms with Crippen LogP contribution in [0.2, 0.25) is 0 Å². The molecule has 3 N–H and O–H groups in total. The summed E-state index contributed by atoms with van der Waals surface area (Å²) in [6.45, 7) is 0.662. The molecule has 132 valence electrons. The van der Waals surface area contributed by atoms with Crippen molar-refractivity contribution in [2.24, 2.45) is 0 Å². The number of hydrogen-bond donors (Lipinski definition) is 2. The minimum atomic E-state index is -0.0159. The number of fused-ring (bicyclic) bond motifs is 2. The summed E-state index contributed by atoms with van der Waals surface area (Å²) in [6.07, 6.45) is 2.61. The summed E-state index contributed by atoms with van der Waals surface area (Å²) in [7, 11) is 0. The molecule has 1 amide bonds. The Morgan fingerprint density at radius 2 is 1.93 bits per heavy atom. The van der Waals surface area contributed by atoms with Crippen LogP contribution in [0.25, 0.3) is 32.5 Å². The van der Waals surface area contributed by atoms with E-state index in [0.717, 1.165) is 50.0 Å². The van der Waals surface area contributed by atoms with Gasteiger partial charge in [-0.25, -0.2) is 9.97 Å². The molecule has 0 saturated carbocycles. The molecule has 0 bridgehead atoms. The van der Waals surface area contributed by atoms with Crippen molar-refractivity contribution in [1.29, 1.82) is 0 Å². The molecule has 1 aliphatic heterocycles. The summed E-state index contributed by atoms with van der Waals surface area (Å²) in [5.74, 6) is 0.460. The number of amides is 1. The molecule has 2 aromatic heterocycles. The zero-order chi connectivity index (χ0) is 18.4. The van der Waals surface area contributed by atoms with Gasteiger partial charge in [0.05, 0.1) is 15.7 Å². The highest BCUT2D eigenvalue weighted by molar-refractivity contribution is 7.16. The van der Waals surface area contributed by atoms with Crippen molar-refractivity contribution < 1.29 is 4.79 Å². The van der Waals surface area contributed by atoms with E-state index in [2.05, 4.69) is 39.6 Å². The maximum atomic E-state index is 12.0. The number of para-hydroxylation sites is 1. The van der Waals surface area contributed by atoms with Gasteiger partial charge in [-0.2, -0.15) is 0 Å². The van der Waals surface area contributed by atoms with Crippen LogP contribution in [0.3, 0.4) is 0 Å². The zero-order valence-corrected chi connectivity index (χ0v) is 15.2. The molecule has 0 saturated heterocycles. The molecule has 5 nitrogen and oxygen atoms in total. The highest BCUT2D eigenvalue weighted by Gasteiger charge is 2.18. The number of carbonyl (C=O) groups is 1. The number of thiazole rings is 1. The number of pyridine rings is 1. The Labute approximate surface area is 159 Å². The van der Waals surface area contributed by atoms with Crippen molar-refractivity contribution >= 4 is 33.3 Å². The Kier molecular flexibility index (Phi) is 3.65. The van der Waals surface area contributed by atoms with Crippen molar-refractivity contribution in [1.82, 2.24) is 15.3 Å². The fourth-order valence-electron chi connectivity index (χ4n) is 3.57. The Hall–Kier alpha value is -3.25. The molecule has 4 aromatic rings. The van der Waals surface area contributed by atoms with Crippen LogP contribution in [0.4, 0.5) is 5.82 Å². The van der Waals surface area contributed by atoms with Crippen LogP contribution < -0.4 is 11.1 Å². The van der Waals surface area contributed by atoms with Gasteiger partial charge in [0.1, 0.15) is 5.82 Å².